The molecule has 4 heteroatoms. The van der Waals surface area contributed by atoms with Crippen LogP contribution in [0.25, 0.3) is 11.5 Å². The van der Waals surface area contributed by atoms with Gasteiger partial charge in [-0.05, 0) is 24.6 Å². The maximum absolute atomic E-state index is 5.63. The molecule has 84 valence electrons. The average Bonchev–Trinajstić information content (AvgIpc) is 2.71. The highest BCUT2D eigenvalue weighted by molar-refractivity contribution is 14.1. The van der Waals surface area contributed by atoms with Crippen LogP contribution >= 0.6 is 22.6 Å². The third-order valence-electron chi connectivity index (χ3n) is 2.43. The van der Waals surface area contributed by atoms with E-state index in [2.05, 4.69) is 27.6 Å². The van der Waals surface area contributed by atoms with Crippen molar-refractivity contribution in [1.82, 2.24) is 4.98 Å². The Morgan fingerprint density at radius 3 is 2.88 bits per heavy atom. The van der Waals surface area contributed by atoms with Crippen LogP contribution in [0.3, 0.4) is 0 Å². The molecule has 0 unspecified atom stereocenters. The molecule has 0 fully saturated rings. The van der Waals surface area contributed by atoms with Gasteiger partial charge in [-0.1, -0.05) is 34.7 Å². The molecule has 0 amide bonds. The Kier molecular flexibility index (Phi) is 3.60. The highest BCUT2D eigenvalue weighted by Gasteiger charge is 2.10. The molecule has 1 aromatic heterocycles. The molecule has 0 radical (unpaired) electrons. The minimum Gasteiger partial charge on any atom is -0.441 e. The minimum atomic E-state index is 0.534. The van der Waals surface area contributed by atoms with Crippen molar-refractivity contribution in [2.45, 2.75) is 17.9 Å². The quantitative estimate of drug-likeness (QED) is 0.696. The van der Waals surface area contributed by atoms with Gasteiger partial charge in [0.25, 0.3) is 0 Å². The summed E-state index contributed by atoms with van der Waals surface area (Å²) in [6, 6.07) is 7.98. The molecule has 1 heterocycles. The maximum Gasteiger partial charge on any atom is 0.226 e. The van der Waals surface area contributed by atoms with Crippen molar-refractivity contribution in [1.29, 1.82) is 0 Å². The number of nitrogens with zero attached hydrogens (tertiary/aromatic N) is 1. The predicted molar refractivity (Wildman–Crippen MR) is 72.3 cm³/mol. The lowest BCUT2D eigenvalue weighted by Gasteiger charge is -1.98. The van der Waals surface area contributed by atoms with Crippen molar-refractivity contribution >= 4 is 22.6 Å². The summed E-state index contributed by atoms with van der Waals surface area (Å²) in [6.07, 6.45) is 0. The number of halogens is 1. The second-order valence-corrected chi connectivity index (χ2v) is 4.32. The molecule has 0 saturated carbocycles. The first-order valence-electron chi connectivity index (χ1n) is 5.06. The predicted octanol–water partition coefficient (Wildman–Crippen LogP) is 3.04. The summed E-state index contributed by atoms with van der Waals surface area (Å²) in [6.45, 7) is 2.48. The Labute approximate surface area is 108 Å². The number of nitrogens with two attached hydrogens (primary N) is 1. The van der Waals surface area contributed by atoms with Crippen molar-refractivity contribution < 1.29 is 4.42 Å². The molecule has 0 aliphatic carbocycles. The molecule has 1 aromatic carbocycles. The summed E-state index contributed by atoms with van der Waals surface area (Å²) >= 11 is 2.28. The van der Waals surface area contributed by atoms with E-state index in [1.165, 1.54) is 0 Å². The Balaban J connectivity index is 2.41. The second-order valence-electron chi connectivity index (χ2n) is 3.56. The summed E-state index contributed by atoms with van der Waals surface area (Å²) in [5.74, 6) is 1.57. The molecule has 16 heavy (non-hydrogen) atoms. The molecule has 0 atom stereocenters. The van der Waals surface area contributed by atoms with Gasteiger partial charge in [0, 0.05) is 16.5 Å². The van der Waals surface area contributed by atoms with Crippen molar-refractivity contribution in [2.75, 3.05) is 0 Å². The van der Waals surface area contributed by atoms with E-state index < -0.39 is 0 Å². The number of hydrogen-bond acceptors (Lipinski definition) is 3. The van der Waals surface area contributed by atoms with Gasteiger partial charge >= 0.3 is 0 Å². The Morgan fingerprint density at radius 1 is 1.44 bits per heavy atom. The lowest BCUT2D eigenvalue weighted by Crippen LogP contribution is -1.95. The summed E-state index contributed by atoms with van der Waals surface area (Å²) in [4.78, 5) is 4.46. The van der Waals surface area contributed by atoms with Gasteiger partial charge in [-0.2, -0.15) is 0 Å². The van der Waals surface area contributed by atoms with Crippen LogP contribution in [0.4, 0.5) is 0 Å². The molecule has 0 saturated heterocycles. The first kappa shape index (κ1) is 11.6. The zero-order chi connectivity index (χ0) is 11.5. The fraction of sp³-hybridized carbons (Fsp3) is 0.250. The Hall–Kier alpha value is -0.880. The van der Waals surface area contributed by atoms with E-state index in [4.69, 9.17) is 10.2 Å². The first-order valence-corrected chi connectivity index (χ1v) is 6.59. The van der Waals surface area contributed by atoms with Gasteiger partial charge in [-0.3, -0.25) is 0 Å². The summed E-state index contributed by atoms with van der Waals surface area (Å²) < 4.78 is 6.50. The summed E-state index contributed by atoms with van der Waals surface area (Å²) in [7, 11) is 0. The smallest absolute Gasteiger partial charge is 0.226 e. The number of oxazole rings is 1. The highest BCUT2D eigenvalue weighted by atomic mass is 127. The van der Waals surface area contributed by atoms with Crippen molar-refractivity contribution in [3.8, 4) is 11.5 Å². The van der Waals surface area contributed by atoms with Crippen LogP contribution in [-0.4, -0.2) is 4.98 Å². The van der Waals surface area contributed by atoms with Crippen molar-refractivity contribution in [3.05, 3.63) is 41.3 Å². The normalized spacial score (nSPS) is 10.7. The summed E-state index contributed by atoms with van der Waals surface area (Å²) in [5.41, 5.74) is 8.69. The average molecular weight is 328 g/mol. The van der Waals surface area contributed by atoms with Gasteiger partial charge in [0.1, 0.15) is 5.76 Å². The van der Waals surface area contributed by atoms with Gasteiger partial charge < -0.3 is 10.2 Å². The standard InChI is InChI=1S/C12H13IN2O/c1-8-11(6-13)15-12(16-8)10-4-2-3-9(5-10)7-14/h2-5H,6-7,14H2,1H3. The van der Waals surface area contributed by atoms with Crippen LogP contribution in [0, 0.1) is 6.92 Å². The van der Waals surface area contributed by atoms with Gasteiger partial charge in [0.2, 0.25) is 5.89 Å². The largest absolute Gasteiger partial charge is 0.441 e. The number of aromatic nitrogens is 1. The van der Waals surface area contributed by atoms with Gasteiger partial charge in [-0.15, -0.1) is 0 Å². The number of benzene rings is 1. The number of aryl methyl sites for hydroxylation is 1. The Morgan fingerprint density at radius 2 is 2.25 bits per heavy atom. The number of rotatable bonds is 3. The molecule has 0 spiro atoms. The van der Waals surface area contributed by atoms with E-state index >= 15 is 0 Å². The fourth-order valence-electron chi connectivity index (χ4n) is 1.51. The highest BCUT2D eigenvalue weighted by Crippen LogP contribution is 2.23. The summed E-state index contributed by atoms with van der Waals surface area (Å²) in [5, 5.41) is 0. The second kappa shape index (κ2) is 4.97. The van der Waals surface area contributed by atoms with E-state index in [0.29, 0.717) is 12.4 Å². The van der Waals surface area contributed by atoms with Crippen LogP contribution in [0.5, 0.6) is 0 Å². The van der Waals surface area contributed by atoms with Crippen molar-refractivity contribution in [3.63, 3.8) is 0 Å². The third kappa shape index (κ3) is 2.27. The van der Waals surface area contributed by atoms with Crippen LogP contribution in [0.15, 0.2) is 28.7 Å². The van der Waals surface area contributed by atoms with E-state index in [1.807, 2.05) is 31.2 Å². The molecule has 2 aromatic rings. The zero-order valence-corrected chi connectivity index (χ0v) is 11.2. The van der Waals surface area contributed by atoms with E-state index in [9.17, 15) is 0 Å². The molecular formula is C12H13IN2O. The third-order valence-corrected chi connectivity index (χ3v) is 3.15. The van der Waals surface area contributed by atoms with Crippen LogP contribution in [0.2, 0.25) is 0 Å². The Bertz CT molecular complexity index is 494. The van der Waals surface area contributed by atoms with E-state index in [1.54, 1.807) is 0 Å². The molecule has 2 rings (SSSR count). The molecule has 2 N–H and O–H groups in total. The minimum absolute atomic E-state index is 0.534. The van der Waals surface area contributed by atoms with E-state index in [-0.39, 0.29) is 0 Å². The maximum atomic E-state index is 5.63. The van der Waals surface area contributed by atoms with Gasteiger partial charge in [0.05, 0.1) is 5.69 Å². The molecule has 0 bridgehead atoms. The molecule has 0 aliphatic heterocycles. The van der Waals surface area contributed by atoms with Gasteiger partial charge in [0.15, 0.2) is 0 Å². The lowest BCUT2D eigenvalue weighted by molar-refractivity contribution is 0.540. The number of alkyl halides is 1. The zero-order valence-electron chi connectivity index (χ0n) is 9.03. The van der Waals surface area contributed by atoms with E-state index in [0.717, 1.165) is 27.0 Å². The van der Waals surface area contributed by atoms with Crippen molar-refractivity contribution in [2.24, 2.45) is 5.73 Å². The van der Waals surface area contributed by atoms with Crippen LogP contribution < -0.4 is 5.73 Å². The molecule has 3 nitrogen and oxygen atoms in total. The van der Waals surface area contributed by atoms with Gasteiger partial charge in [-0.25, -0.2) is 4.98 Å². The first-order chi connectivity index (χ1) is 7.74. The SMILES string of the molecule is Cc1oc(-c2cccc(CN)c2)nc1CI. The lowest BCUT2D eigenvalue weighted by atomic mass is 10.1. The van der Waals surface area contributed by atoms with Crippen LogP contribution in [-0.2, 0) is 11.0 Å². The monoisotopic (exact) mass is 328 g/mol. The number of hydrogen-bond donors (Lipinski definition) is 1. The topological polar surface area (TPSA) is 52.0 Å². The van der Waals surface area contributed by atoms with Crippen LogP contribution in [0.1, 0.15) is 17.0 Å². The molecular weight excluding hydrogens is 315 g/mol. The fourth-order valence-corrected chi connectivity index (χ4v) is 2.21. The molecule has 0 aliphatic rings.